The zero-order valence-corrected chi connectivity index (χ0v) is 22.3. The van der Waals surface area contributed by atoms with Crippen LogP contribution in [0.25, 0.3) is 0 Å². The van der Waals surface area contributed by atoms with Crippen molar-refractivity contribution in [2.24, 2.45) is 0 Å². The average Bonchev–Trinajstić information content (AvgIpc) is 3.32. The molecule has 1 N–H and O–H groups in total. The van der Waals surface area contributed by atoms with E-state index in [1.165, 1.54) is 0 Å². The lowest BCUT2D eigenvalue weighted by Gasteiger charge is -2.27. The Morgan fingerprint density at radius 3 is 1.92 bits per heavy atom. The van der Waals surface area contributed by atoms with Crippen molar-refractivity contribution in [3.05, 3.63) is 59.7 Å². The summed E-state index contributed by atoms with van der Waals surface area (Å²) in [7, 11) is 0. The topological polar surface area (TPSA) is 82.2 Å². The first-order valence-electron chi connectivity index (χ1n) is 13.1. The number of para-hydroxylation sites is 2. The molecule has 2 saturated heterocycles. The van der Waals surface area contributed by atoms with E-state index in [0.717, 1.165) is 75.1 Å². The first kappa shape index (κ1) is 28.2. The molecule has 0 bridgehead atoms. The molecule has 0 aliphatic carbocycles. The summed E-state index contributed by atoms with van der Waals surface area (Å²) in [6.45, 7) is 12.5. The van der Waals surface area contributed by atoms with E-state index < -0.39 is 5.60 Å². The molecule has 0 radical (unpaired) electrons. The summed E-state index contributed by atoms with van der Waals surface area (Å²) < 4.78 is 5.43. The zero-order chi connectivity index (χ0) is 26.7. The van der Waals surface area contributed by atoms with Crippen LogP contribution in [0.2, 0.25) is 0 Å². The largest absolute Gasteiger partial charge is 0.444 e. The SMILES string of the molecule is CC(C)(C)OC(=O)N1CCCN(c2ccccc2C=O)CC1.O=Cc1ccccc1N1CCCNCC1. The van der Waals surface area contributed by atoms with Gasteiger partial charge in [0.25, 0.3) is 0 Å². The minimum Gasteiger partial charge on any atom is -0.444 e. The molecular formula is C29H40N4O4. The third kappa shape index (κ3) is 8.60. The van der Waals surface area contributed by atoms with Gasteiger partial charge in [-0.25, -0.2) is 4.79 Å². The Labute approximate surface area is 220 Å². The zero-order valence-electron chi connectivity index (χ0n) is 22.3. The van der Waals surface area contributed by atoms with Gasteiger partial charge in [0, 0.05) is 68.3 Å². The van der Waals surface area contributed by atoms with Gasteiger partial charge in [0.15, 0.2) is 12.6 Å². The van der Waals surface area contributed by atoms with Gasteiger partial charge >= 0.3 is 6.09 Å². The number of nitrogens with one attached hydrogen (secondary N) is 1. The molecule has 37 heavy (non-hydrogen) atoms. The molecule has 4 rings (SSSR count). The van der Waals surface area contributed by atoms with Crippen molar-refractivity contribution in [1.82, 2.24) is 10.2 Å². The molecule has 0 spiro atoms. The van der Waals surface area contributed by atoms with Gasteiger partial charge in [-0.2, -0.15) is 0 Å². The van der Waals surface area contributed by atoms with Crippen LogP contribution in [-0.4, -0.2) is 81.5 Å². The van der Waals surface area contributed by atoms with Gasteiger partial charge in [-0.3, -0.25) is 9.59 Å². The molecule has 0 unspecified atom stereocenters. The quantitative estimate of drug-likeness (QED) is 0.619. The molecular weight excluding hydrogens is 468 g/mol. The average molecular weight is 509 g/mol. The molecule has 8 heteroatoms. The Balaban J connectivity index is 0.000000220. The van der Waals surface area contributed by atoms with Gasteiger partial charge in [-0.05, 0) is 64.4 Å². The highest BCUT2D eigenvalue weighted by molar-refractivity contribution is 5.85. The fraction of sp³-hybridized carbons (Fsp3) is 0.483. The lowest BCUT2D eigenvalue weighted by Crippen LogP contribution is -2.39. The summed E-state index contributed by atoms with van der Waals surface area (Å²) in [6, 6.07) is 15.3. The molecule has 8 nitrogen and oxygen atoms in total. The van der Waals surface area contributed by atoms with Crippen molar-refractivity contribution >= 4 is 30.0 Å². The molecule has 2 aromatic carbocycles. The van der Waals surface area contributed by atoms with Crippen molar-refractivity contribution in [3.63, 3.8) is 0 Å². The number of aldehydes is 2. The van der Waals surface area contributed by atoms with Crippen LogP contribution in [0, 0.1) is 0 Å². The maximum atomic E-state index is 12.2. The molecule has 2 aliphatic rings. The fourth-order valence-corrected chi connectivity index (χ4v) is 4.50. The number of hydrogen-bond donors (Lipinski definition) is 1. The van der Waals surface area contributed by atoms with Crippen LogP contribution in [0.5, 0.6) is 0 Å². The standard InChI is InChI=1S/C17H24N2O3.C12H16N2O/c1-17(2,3)22-16(21)19-10-6-9-18(11-12-19)15-8-5-4-7-14(15)13-20;15-10-11-4-1-2-5-12(11)14-8-3-6-13-7-9-14/h4-5,7-8,13H,6,9-12H2,1-3H3;1-2,4-5,10,13H,3,6-9H2. The van der Waals surface area contributed by atoms with Gasteiger partial charge in [-0.15, -0.1) is 0 Å². The molecule has 2 fully saturated rings. The number of rotatable bonds is 4. The number of anilines is 2. The van der Waals surface area contributed by atoms with Crippen molar-refractivity contribution in [2.75, 3.05) is 62.2 Å². The molecule has 2 heterocycles. The van der Waals surface area contributed by atoms with E-state index in [1.807, 2.05) is 69.3 Å². The van der Waals surface area contributed by atoms with Crippen LogP contribution in [0.4, 0.5) is 16.2 Å². The molecule has 2 aliphatic heterocycles. The van der Waals surface area contributed by atoms with Crippen LogP contribution in [0.15, 0.2) is 48.5 Å². The molecule has 0 atom stereocenters. The first-order valence-corrected chi connectivity index (χ1v) is 13.1. The molecule has 200 valence electrons. The summed E-state index contributed by atoms with van der Waals surface area (Å²) in [6.07, 6.45) is 3.54. The maximum Gasteiger partial charge on any atom is 0.410 e. The predicted molar refractivity (Wildman–Crippen MR) is 148 cm³/mol. The van der Waals surface area contributed by atoms with Gasteiger partial charge in [0.05, 0.1) is 0 Å². The van der Waals surface area contributed by atoms with Crippen LogP contribution >= 0.6 is 0 Å². The maximum absolute atomic E-state index is 12.2. The van der Waals surface area contributed by atoms with Gasteiger partial charge < -0.3 is 24.8 Å². The fourth-order valence-electron chi connectivity index (χ4n) is 4.50. The van der Waals surface area contributed by atoms with E-state index in [4.69, 9.17) is 4.74 Å². The minimum absolute atomic E-state index is 0.266. The Bertz CT molecular complexity index is 1030. The Morgan fingerprint density at radius 1 is 0.757 bits per heavy atom. The van der Waals surface area contributed by atoms with E-state index in [9.17, 15) is 14.4 Å². The molecule has 2 aromatic rings. The molecule has 1 amide bonds. The highest BCUT2D eigenvalue weighted by Crippen LogP contribution is 2.21. The number of amides is 1. The van der Waals surface area contributed by atoms with Gasteiger partial charge in [0.1, 0.15) is 5.60 Å². The first-order chi connectivity index (χ1) is 17.8. The van der Waals surface area contributed by atoms with Gasteiger partial charge in [-0.1, -0.05) is 24.3 Å². The monoisotopic (exact) mass is 508 g/mol. The second-order valence-electron chi connectivity index (χ2n) is 10.3. The van der Waals surface area contributed by atoms with E-state index in [0.29, 0.717) is 25.2 Å². The van der Waals surface area contributed by atoms with Crippen LogP contribution < -0.4 is 15.1 Å². The van der Waals surface area contributed by atoms with Crippen molar-refractivity contribution in [3.8, 4) is 0 Å². The molecule has 0 aromatic heterocycles. The number of hydrogen-bond acceptors (Lipinski definition) is 7. The van der Waals surface area contributed by atoms with E-state index in [2.05, 4.69) is 15.1 Å². The van der Waals surface area contributed by atoms with Crippen molar-refractivity contribution in [1.29, 1.82) is 0 Å². The van der Waals surface area contributed by atoms with Gasteiger partial charge in [0.2, 0.25) is 0 Å². The number of nitrogens with zero attached hydrogens (tertiary/aromatic N) is 3. The highest BCUT2D eigenvalue weighted by atomic mass is 16.6. The number of carbonyl (C=O) groups is 3. The predicted octanol–water partition coefficient (Wildman–Crippen LogP) is 4.25. The van der Waals surface area contributed by atoms with Crippen LogP contribution in [-0.2, 0) is 4.74 Å². The van der Waals surface area contributed by atoms with Crippen molar-refractivity contribution < 1.29 is 19.1 Å². The normalized spacial score (nSPS) is 16.6. The van der Waals surface area contributed by atoms with E-state index >= 15 is 0 Å². The highest BCUT2D eigenvalue weighted by Gasteiger charge is 2.25. The summed E-state index contributed by atoms with van der Waals surface area (Å²) in [5.74, 6) is 0. The Hall–Kier alpha value is -3.39. The second kappa shape index (κ2) is 13.8. The summed E-state index contributed by atoms with van der Waals surface area (Å²) in [5, 5.41) is 3.35. The smallest absolute Gasteiger partial charge is 0.410 e. The Kier molecular flexibility index (Phi) is 10.5. The lowest BCUT2D eigenvalue weighted by atomic mass is 10.1. The number of carbonyl (C=O) groups excluding carboxylic acids is 3. The minimum atomic E-state index is -0.479. The van der Waals surface area contributed by atoms with Crippen LogP contribution in [0.1, 0.15) is 54.3 Å². The number of ether oxygens (including phenoxy) is 1. The summed E-state index contributed by atoms with van der Waals surface area (Å²) in [5.41, 5.74) is 3.00. The van der Waals surface area contributed by atoms with Crippen molar-refractivity contribution in [2.45, 2.75) is 39.2 Å². The third-order valence-electron chi connectivity index (χ3n) is 6.30. The Morgan fingerprint density at radius 2 is 1.32 bits per heavy atom. The lowest BCUT2D eigenvalue weighted by molar-refractivity contribution is 0.0263. The third-order valence-corrected chi connectivity index (χ3v) is 6.30. The van der Waals surface area contributed by atoms with E-state index in [-0.39, 0.29) is 6.09 Å². The summed E-state index contributed by atoms with van der Waals surface area (Å²) in [4.78, 5) is 40.4. The van der Waals surface area contributed by atoms with Crippen LogP contribution in [0.3, 0.4) is 0 Å². The summed E-state index contributed by atoms with van der Waals surface area (Å²) >= 11 is 0. The number of benzene rings is 2. The molecule has 0 saturated carbocycles. The van der Waals surface area contributed by atoms with E-state index in [1.54, 1.807) is 4.90 Å². The second-order valence-corrected chi connectivity index (χ2v) is 10.3.